The Morgan fingerprint density at radius 1 is 1.46 bits per heavy atom. The molecule has 1 aromatic carbocycles. The Hall–Kier alpha value is -1.85. The summed E-state index contributed by atoms with van der Waals surface area (Å²) in [6.45, 7) is 3.98. The second-order valence-electron chi connectivity index (χ2n) is 6.79. The van der Waals surface area contributed by atoms with Crippen molar-refractivity contribution in [2.45, 2.75) is 31.7 Å². The Morgan fingerprint density at radius 3 is 2.96 bits per heavy atom. The van der Waals surface area contributed by atoms with Crippen LogP contribution in [0.15, 0.2) is 36.4 Å². The highest BCUT2D eigenvalue weighted by molar-refractivity contribution is 6.31. The number of carbonyl (C=O) groups is 2. The summed E-state index contributed by atoms with van der Waals surface area (Å²) in [5.41, 5.74) is -0.0298. The van der Waals surface area contributed by atoms with Gasteiger partial charge >= 0.3 is 5.97 Å². The average molecular weight is 348 g/mol. The van der Waals surface area contributed by atoms with Crippen LogP contribution in [-0.4, -0.2) is 36.2 Å². The number of carbonyl (C=O) groups excluding carboxylic acids is 2. The number of hydrogen-bond acceptors (Lipinski definition) is 4. The fourth-order valence-electron chi connectivity index (χ4n) is 3.94. The van der Waals surface area contributed by atoms with Crippen molar-refractivity contribution in [2.24, 2.45) is 11.8 Å². The molecular formula is C18H18ClNO4. The zero-order chi connectivity index (χ0) is 17.1. The Morgan fingerprint density at radius 2 is 2.25 bits per heavy atom. The van der Waals surface area contributed by atoms with Crippen LogP contribution in [0, 0.1) is 11.8 Å². The molecule has 0 unspecified atom stereocenters. The molecule has 1 amide bonds. The van der Waals surface area contributed by atoms with Crippen LogP contribution in [0.3, 0.4) is 0 Å². The van der Waals surface area contributed by atoms with E-state index in [4.69, 9.17) is 21.1 Å². The monoisotopic (exact) mass is 347 g/mol. The predicted molar refractivity (Wildman–Crippen MR) is 88.8 cm³/mol. The molecule has 1 aromatic rings. The van der Waals surface area contributed by atoms with Crippen LogP contribution in [0.25, 0.3) is 0 Å². The molecule has 3 aliphatic rings. The first-order valence-electron chi connectivity index (χ1n) is 8.06. The molecule has 4 rings (SSSR count). The summed E-state index contributed by atoms with van der Waals surface area (Å²) in [5.74, 6) is -1.62. The third-order valence-electron chi connectivity index (χ3n) is 4.84. The number of benzene rings is 1. The molecular weight excluding hydrogens is 330 g/mol. The molecule has 6 heteroatoms. The molecule has 2 saturated heterocycles. The van der Waals surface area contributed by atoms with E-state index in [0.29, 0.717) is 17.3 Å². The minimum Gasteiger partial charge on any atom is -0.463 e. The summed E-state index contributed by atoms with van der Waals surface area (Å²) in [7, 11) is 0. The fraction of sp³-hybridized carbons (Fsp3) is 0.444. The van der Waals surface area contributed by atoms with E-state index in [1.807, 2.05) is 18.2 Å². The summed E-state index contributed by atoms with van der Waals surface area (Å²) >= 11 is 6.05. The predicted octanol–water partition coefficient (Wildman–Crippen LogP) is 2.58. The van der Waals surface area contributed by atoms with Gasteiger partial charge in [-0.1, -0.05) is 29.8 Å². The molecule has 0 saturated carbocycles. The van der Waals surface area contributed by atoms with Gasteiger partial charge in [-0.3, -0.25) is 9.59 Å². The number of rotatable bonds is 3. The van der Waals surface area contributed by atoms with Crippen LogP contribution >= 0.6 is 11.6 Å². The number of nitrogens with zero attached hydrogens (tertiary/aromatic N) is 1. The normalized spacial score (nSPS) is 33.4. The smallest absolute Gasteiger partial charge is 0.313 e. The SMILES string of the molecule is CC(C)OC(=O)[C@@H]1[C@H]2C(=O)N(c3cccc(Cl)c3)C[C@@]23C=C[C@H]1O3. The number of amides is 1. The Bertz CT molecular complexity index is 746. The van der Waals surface area contributed by atoms with Crippen molar-refractivity contribution in [3.05, 3.63) is 41.4 Å². The maximum Gasteiger partial charge on any atom is 0.313 e. The van der Waals surface area contributed by atoms with Crippen molar-refractivity contribution < 1.29 is 19.1 Å². The first-order valence-corrected chi connectivity index (χ1v) is 8.44. The van der Waals surface area contributed by atoms with Gasteiger partial charge in [0.15, 0.2) is 0 Å². The lowest BCUT2D eigenvalue weighted by molar-refractivity contribution is -0.156. The standard InChI is InChI=1S/C18H18ClNO4/c1-10(2)23-17(22)14-13-6-7-18(24-13)9-20(16(21)15(14)18)12-5-3-4-11(19)8-12/h3-8,10,13-15H,9H2,1-2H3/t13-,14+,15+,18+/m1/s1. The van der Waals surface area contributed by atoms with E-state index < -0.39 is 17.4 Å². The molecule has 0 N–H and O–H groups in total. The number of ether oxygens (including phenoxy) is 2. The van der Waals surface area contributed by atoms with Crippen molar-refractivity contribution in [1.82, 2.24) is 0 Å². The lowest BCUT2D eigenvalue weighted by Crippen LogP contribution is -2.40. The molecule has 1 spiro atoms. The second kappa shape index (κ2) is 5.33. The zero-order valence-corrected chi connectivity index (χ0v) is 14.2. The molecule has 0 aromatic heterocycles. The first kappa shape index (κ1) is 15.7. The van der Waals surface area contributed by atoms with Gasteiger partial charge < -0.3 is 14.4 Å². The van der Waals surface area contributed by atoms with E-state index >= 15 is 0 Å². The summed E-state index contributed by atoms with van der Waals surface area (Å²) < 4.78 is 11.4. The Kier molecular flexibility index (Phi) is 3.48. The van der Waals surface area contributed by atoms with E-state index in [2.05, 4.69) is 0 Å². The van der Waals surface area contributed by atoms with Crippen molar-refractivity contribution in [2.75, 3.05) is 11.4 Å². The quantitative estimate of drug-likeness (QED) is 0.623. The number of hydrogen-bond donors (Lipinski definition) is 0. The summed E-state index contributed by atoms with van der Waals surface area (Å²) in [5, 5.41) is 0.561. The number of esters is 1. The van der Waals surface area contributed by atoms with E-state index in [1.54, 1.807) is 36.9 Å². The van der Waals surface area contributed by atoms with Gasteiger partial charge in [-0.15, -0.1) is 0 Å². The van der Waals surface area contributed by atoms with Gasteiger partial charge in [0, 0.05) is 10.7 Å². The number of halogens is 1. The molecule has 126 valence electrons. The summed E-state index contributed by atoms with van der Waals surface area (Å²) in [4.78, 5) is 27.2. The molecule has 2 bridgehead atoms. The van der Waals surface area contributed by atoms with Crippen LogP contribution in [0.5, 0.6) is 0 Å². The molecule has 5 nitrogen and oxygen atoms in total. The Balaban J connectivity index is 1.68. The lowest BCUT2D eigenvalue weighted by Gasteiger charge is -2.23. The molecule has 4 atom stereocenters. The first-order chi connectivity index (χ1) is 11.4. The van der Waals surface area contributed by atoms with Gasteiger partial charge in [-0.05, 0) is 32.0 Å². The van der Waals surface area contributed by atoms with Crippen molar-refractivity contribution in [3.8, 4) is 0 Å². The topological polar surface area (TPSA) is 55.8 Å². The molecule has 2 fully saturated rings. The second-order valence-corrected chi connectivity index (χ2v) is 7.23. The molecule has 0 aliphatic carbocycles. The van der Waals surface area contributed by atoms with Crippen molar-refractivity contribution in [1.29, 1.82) is 0 Å². The lowest BCUT2D eigenvalue weighted by atomic mass is 9.77. The van der Waals surface area contributed by atoms with Crippen LogP contribution in [0.4, 0.5) is 5.69 Å². The summed E-state index contributed by atoms with van der Waals surface area (Å²) in [6.07, 6.45) is 3.19. The maximum atomic E-state index is 13.0. The third-order valence-corrected chi connectivity index (χ3v) is 5.08. The van der Waals surface area contributed by atoms with E-state index in [1.165, 1.54) is 0 Å². The summed E-state index contributed by atoms with van der Waals surface area (Å²) in [6, 6.07) is 7.14. The molecule has 3 aliphatic heterocycles. The number of anilines is 1. The van der Waals surface area contributed by atoms with Gasteiger partial charge in [-0.25, -0.2) is 0 Å². The van der Waals surface area contributed by atoms with Crippen LogP contribution in [-0.2, 0) is 19.1 Å². The zero-order valence-electron chi connectivity index (χ0n) is 13.4. The van der Waals surface area contributed by atoms with Gasteiger partial charge in [0.1, 0.15) is 11.5 Å². The van der Waals surface area contributed by atoms with Gasteiger partial charge in [0.2, 0.25) is 5.91 Å². The van der Waals surface area contributed by atoms with Gasteiger partial charge in [0.25, 0.3) is 0 Å². The average Bonchev–Trinajstić information content (AvgIpc) is 3.15. The van der Waals surface area contributed by atoms with Crippen molar-refractivity contribution >= 4 is 29.2 Å². The maximum absolute atomic E-state index is 13.0. The van der Waals surface area contributed by atoms with Gasteiger partial charge in [0.05, 0.1) is 24.7 Å². The molecule has 0 radical (unpaired) electrons. The van der Waals surface area contributed by atoms with Gasteiger partial charge in [-0.2, -0.15) is 0 Å². The highest BCUT2D eigenvalue weighted by Crippen LogP contribution is 2.53. The number of fused-ring (bicyclic) bond motifs is 1. The molecule has 3 heterocycles. The van der Waals surface area contributed by atoms with E-state index in [0.717, 1.165) is 0 Å². The minimum atomic E-state index is -0.745. The molecule has 24 heavy (non-hydrogen) atoms. The van der Waals surface area contributed by atoms with Crippen LogP contribution in [0.1, 0.15) is 13.8 Å². The highest BCUT2D eigenvalue weighted by Gasteiger charge is 2.67. The fourth-order valence-corrected chi connectivity index (χ4v) is 4.13. The van der Waals surface area contributed by atoms with Crippen molar-refractivity contribution in [3.63, 3.8) is 0 Å². The largest absolute Gasteiger partial charge is 0.463 e. The van der Waals surface area contributed by atoms with E-state index in [9.17, 15) is 9.59 Å². The van der Waals surface area contributed by atoms with Crippen LogP contribution in [0.2, 0.25) is 5.02 Å². The minimum absolute atomic E-state index is 0.116. The van der Waals surface area contributed by atoms with E-state index in [-0.39, 0.29) is 24.1 Å². The highest BCUT2D eigenvalue weighted by atomic mass is 35.5. The van der Waals surface area contributed by atoms with Crippen LogP contribution < -0.4 is 4.90 Å². The Labute approximate surface area is 145 Å². The third kappa shape index (κ3) is 2.19.